The number of nitrogens with one attached hydrogen (secondary N) is 1. The number of fused-ring (bicyclic) bond motifs is 1. The molecule has 0 saturated carbocycles. The summed E-state index contributed by atoms with van der Waals surface area (Å²) in [6.45, 7) is 4.39. The lowest BCUT2D eigenvalue weighted by molar-refractivity contribution is 0.750. The lowest BCUT2D eigenvalue weighted by atomic mass is 10.1. The number of hydrogen-bond acceptors (Lipinski definition) is 4. The molecule has 3 rings (SSSR count). The predicted molar refractivity (Wildman–Crippen MR) is 94.2 cm³/mol. The molecule has 0 atom stereocenters. The molecule has 0 aliphatic carbocycles. The van der Waals surface area contributed by atoms with Crippen LogP contribution in [0.5, 0.6) is 0 Å². The molecule has 2 aromatic heterocycles. The Labute approximate surface area is 139 Å². The van der Waals surface area contributed by atoms with Gasteiger partial charge < -0.3 is 5.32 Å². The van der Waals surface area contributed by atoms with Gasteiger partial charge in [-0.3, -0.25) is 9.36 Å². The Kier molecular flexibility index (Phi) is 4.05. The van der Waals surface area contributed by atoms with Gasteiger partial charge in [-0.2, -0.15) is 4.98 Å². The van der Waals surface area contributed by atoms with Crippen LogP contribution in [0.1, 0.15) is 12.6 Å². The fraction of sp³-hybridized carbons (Fsp3) is 0.235. The van der Waals surface area contributed by atoms with Gasteiger partial charge in [0.05, 0.1) is 5.69 Å². The van der Waals surface area contributed by atoms with E-state index in [1.165, 1.54) is 0 Å². The molecule has 1 N–H and O–H groups in total. The summed E-state index contributed by atoms with van der Waals surface area (Å²) in [6.07, 6.45) is 0. The standard InChI is InChI=1S/C17H17ClN4O/c1-4-22-15-13(10(2)20-17(19-3)21-15)9-14(16(22)23)11-5-7-12(18)8-6-11/h5-9H,4H2,1-3H3,(H,19,20,21). The first kappa shape index (κ1) is 15.5. The van der Waals surface area contributed by atoms with Crippen molar-refractivity contribution in [2.45, 2.75) is 20.4 Å². The highest BCUT2D eigenvalue weighted by Gasteiger charge is 2.14. The summed E-state index contributed by atoms with van der Waals surface area (Å²) in [5, 5.41) is 4.44. The van der Waals surface area contributed by atoms with Crippen molar-refractivity contribution in [3.05, 3.63) is 51.4 Å². The molecule has 6 heteroatoms. The number of aromatic nitrogens is 3. The Morgan fingerprint density at radius 1 is 1.22 bits per heavy atom. The zero-order valence-corrected chi connectivity index (χ0v) is 14.0. The average Bonchev–Trinajstić information content (AvgIpc) is 2.55. The van der Waals surface area contributed by atoms with Crippen molar-refractivity contribution in [2.24, 2.45) is 0 Å². The van der Waals surface area contributed by atoms with E-state index in [0.29, 0.717) is 28.7 Å². The number of hydrogen-bond donors (Lipinski definition) is 1. The van der Waals surface area contributed by atoms with Gasteiger partial charge >= 0.3 is 0 Å². The largest absolute Gasteiger partial charge is 0.357 e. The Hall–Kier alpha value is -2.40. The molecule has 0 unspecified atom stereocenters. The maximum Gasteiger partial charge on any atom is 0.260 e. The topological polar surface area (TPSA) is 59.8 Å². The molecule has 118 valence electrons. The molecule has 0 spiro atoms. The molecule has 0 saturated heterocycles. The molecule has 5 nitrogen and oxygen atoms in total. The van der Waals surface area contributed by atoms with E-state index < -0.39 is 0 Å². The van der Waals surface area contributed by atoms with Crippen LogP contribution < -0.4 is 10.9 Å². The third-order valence-corrected chi connectivity index (χ3v) is 4.08. The van der Waals surface area contributed by atoms with Crippen molar-refractivity contribution >= 4 is 28.6 Å². The van der Waals surface area contributed by atoms with Crippen LogP contribution >= 0.6 is 11.6 Å². The molecule has 2 heterocycles. The number of aryl methyl sites for hydroxylation is 2. The SMILES string of the molecule is CCn1c(=O)c(-c2ccc(Cl)cc2)cc2c(C)nc(NC)nc21. The van der Waals surface area contributed by atoms with E-state index in [1.54, 1.807) is 23.7 Å². The fourth-order valence-corrected chi connectivity index (χ4v) is 2.76. The predicted octanol–water partition coefficient (Wildman–Crippen LogP) is 3.48. The van der Waals surface area contributed by atoms with Gasteiger partial charge in [-0.1, -0.05) is 23.7 Å². The Bertz CT molecular complexity index is 932. The Morgan fingerprint density at radius 2 is 1.91 bits per heavy atom. The summed E-state index contributed by atoms with van der Waals surface area (Å²) in [5.41, 5.74) is 2.87. The van der Waals surface area contributed by atoms with Gasteiger partial charge in [0, 0.05) is 29.6 Å². The molecule has 1 aromatic carbocycles. The minimum atomic E-state index is -0.0672. The lowest BCUT2D eigenvalue weighted by Crippen LogP contribution is -2.22. The van der Waals surface area contributed by atoms with Crippen LogP contribution in [0.15, 0.2) is 35.1 Å². The molecular formula is C17H17ClN4O. The van der Waals surface area contributed by atoms with Crippen LogP contribution in [0.3, 0.4) is 0 Å². The number of anilines is 1. The lowest BCUT2D eigenvalue weighted by Gasteiger charge is -2.13. The van der Waals surface area contributed by atoms with Crippen LogP contribution in [0, 0.1) is 6.92 Å². The number of nitrogens with zero attached hydrogens (tertiary/aromatic N) is 3. The molecular weight excluding hydrogens is 312 g/mol. The van der Waals surface area contributed by atoms with Crippen LogP contribution in [0.2, 0.25) is 5.02 Å². The van der Waals surface area contributed by atoms with Crippen LogP contribution in [0.4, 0.5) is 5.95 Å². The number of rotatable bonds is 3. The highest BCUT2D eigenvalue weighted by molar-refractivity contribution is 6.30. The zero-order chi connectivity index (χ0) is 16.6. The quantitative estimate of drug-likeness (QED) is 0.799. The van der Waals surface area contributed by atoms with E-state index >= 15 is 0 Å². The van der Waals surface area contributed by atoms with E-state index in [4.69, 9.17) is 11.6 Å². The Balaban J connectivity index is 2.37. The molecule has 3 aromatic rings. The van der Waals surface area contributed by atoms with Crippen molar-refractivity contribution in [1.29, 1.82) is 0 Å². The van der Waals surface area contributed by atoms with E-state index in [2.05, 4.69) is 15.3 Å². The third kappa shape index (κ3) is 2.68. The zero-order valence-electron chi connectivity index (χ0n) is 13.2. The van der Waals surface area contributed by atoms with Gasteiger partial charge in [0.2, 0.25) is 5.95 Å². The van der Waals surface area contributed by atoms with Crippen molar-refractivity contribution in [1.82, 2.24) is 14.5 Å². The van der Waals surface area contributed by atoms with Crippen LogP contribution in [-0.4, -0.2) is 21.6 Å². The smallest absolute Gasteiger partial charge is 0.260 e. The summed E-state index contributed by atoms with van der Waals surface area (Å²) in [6, 6.07) is 9.13. The molecule has 0 aliphatic rings. The highest BCUT2D eigenvalue weighted by Crippen LogP contribution is 2.24. The van der Waals surface area contributed by atoms with Gasteiger partial charge in [-0.15, -0.1) is 0 Å². The third-order valence-electron chi connectivity index (χ3n) is 3.83. The second kappa shape index (κ2) is 6.01. The summed E-state index contributed by atoms with van der Waals surface area (Å²) >= 11 is 5.94. The first-order chi connectivity index (χ1) is 11.0. The maximum atomic E-state index is 12.9. The summed E-state index contributed by atoms with van der Waals surface area (Å²) < 4.78 is 1.68. The van der Waals surface area contributed by atoms with Crippen molar-refractivity contribution in [3.8, 4) is 11.1 Å². The minimum absolute atomic E-state index is 0.0672. The highest BCUT2D eigenvalue weighted by atomic mass is 35.5. The monoisotopic (exact) mass is 328 g/mol. The van der Waals surface area contributed by atoms with E-state index in [-0.39, 0.29) is 5.56 Å². The summed E-state index contributed by atoms with van der Waals surface area (Å²) in [5.74, 6) is 0.510. The van der Waals surface area contributed by atoms with Gasteiger partial charge in [0.25, 0.3) is 5.56 Å². The van der Waals surface area contributed by atoms with E-state index in [9.17, 15) is 4.79 Å². The summed E-state index contributed by atoms with van der Waals surface area (Å²) in [7, 11) is 1.76. The Morgan fingerprint density at radius 3 is 2.52 bits per heavy atom. The van der Waals surface area contributed by atoms with Crippen molar-refractivity contribution < 1.29 is 0 Å². The molecule has 0 amide bonds. The van der Waals surface area contributed by atoms with Gasteiger partial charge in [0.15, 0.2) is 0 Å². The first-order valence-corrected chi connectivity index (χ1v) is 7.78. The van der Waals surface area contributed by atoms with Crippen LogP contribution in [0.25, 0.3) is 22.2 Å². The summed E-state index contributed by atoms with van der Waals surface area (Å²) in [4.78, 5) is 21.7. The fourth-order valence-electron chi connectivity index (χ4n) is 2.63. The first-order valence-electron chi connectivity index (χ1n) is 7.41. The molecule has 0 fully saturated rings. The molecule has 23 heavy (non-hydrogen) atoms. The average molecular weight is 329 g/mol. The maximum absolute atomic E-state index is 12.9. The van der Waals surface area contributed by atoms with Gasteiger partial charge in [-0.25, -0.2) is 4.98 Å². The van der Waals surface area contributed by atoms with Crippen LogP contribution in [-0.2, 0) is 6.54 Å². The second-order valence-electron chi connectivity index (χ2n) is 5.23. The van der Waals surface area contributed by atoms with Gasteiger partial charge in [0.1, 0.15) is 5.65 Å². The van der Waals surface area contributed by atoms with Gasteiger partial charge in [-0.05, 0) is 37.6 Å². The van der Waals surface area contributed by atoms with E-state index in [1.807, 2.05) is 32.0 Å². The van der Waals surface area contributed by atoms with Crippen molar-refractivity contribution in [2.75, 3.05) is 12.4 Å². The van der Waals surface area contributed by atoms with Crippen molar-refractivity contribution in [3.63, 3.8) is 0 Å². The number of benzene rings is 1. The normalized spacial score (nSPS) is 11.0. The number of halogens is 1. The number of pyridine rings is 1. The molecule has 0 aliphatic heterocycles. The minimum Gasteiger partial charge on any atom is -0.357 e. The molecule has 0 radical (unpaired) electrons. The molecule has 0 bridgehead atoms. The second-order valence-corrected chi connectivity index (χ2v) is 5.67. The van der Waals surface area contributed by atoms with E-state index in [0.717, 1.165) is 16.6 Å².